The second-order valence-corrected chi connectivity index (χ2v) is 7.14. The summed E-state index contributed by atoms with van der Waals surface area (Å²) in [6.07, 6.45) is 0. The molecule has 23 heavy (non-hydrogen) atoms. The molecule has 3 nitrogen and oxygen atoms in total. The second kappa shape index (κ2) is 6.81. The summed E-state index contributed by atoms with van der Waals surface area (Å²) in [5.74, 6) is -0.0812. The molecule has 0 radical (unpaired) electrons. The highest BCUT2D eigenvalue weighted by molar-refractivity contribution is 7.12. The third kappa shape index (κ3) is 3.62. The van der Waals surface area contributed by atoms with Crippen molar-refractivity contribution in [2.24, 2.45) is 0 Å². The topological polar surface area (TPSA) is 23.6 Å². The lowest BCUT2D eigenvalue weighted by Crippen LogP contribution is -2.57. The van der Waals surface area contributed by atoms with E-state index in [2.05, 4.69) is 18.7 Å². The molecule has 122 valence electrons. The van der Waals surface area contributed by atoms with E-state index >= 15 is 0 Å². The van der Waals surface area contributed by atoms with Crippen LogP contribution in [0.25, 0.3) is 0 Å². The molecule has 0 spiro atoms. The number of amides is 1. The summed E-state index contributed by atoms with van der Waals surface area (Å²) < 4.78 is 13.0. The average molecular weight is 332 g/mol. The largest absolute Gasteiger partial charge is 0.332 e. The smallest absolute Gasteiger partial charge is 0.264 e. The number of nitrogens with zero attached hydrogens (tertiary/aromatic N) is 2. The first-order valence-electron chi connectivity index (χ1n) is 7.87. The van der Waals surface area contributed by atoms with E-state index < -0.39 is 0 Å². The molecule has 2 heterocycles. The van der Waals surface area contributed by atoms with Crippen molar-refractivity contribution >= 4 is 17.2 Å². The van der Waals surface area contributed by atoms with Crippen LogP contribution in [0.3, 0.4) is 0 Å². The lowest BCUT2D eigenvalue weighted by Gasteiger charge is -2.44. The average Bonchev–Trinajstić information content (AvgIpc) is 3.06. The Labute approximate surface area is 140 Å². The summed E-state index contributed by atoms with van der Waals surface area (Å²) in [7, 11) is 0. The van der Waals surface area contributed by atoms with Crippen LogP contribution in [0.4, 0.5) is 4.39 Å². The number of piperazine rings is 1. The molecule has 1 aliphatic heterocycles. The molecule has 0 N–H and O–H groups in total. The van der Waals surface area contributed by atoms with E-state index in [1.807, 2.05) is 34.5 Å². The van der Waals surface area contributed by atoms with E-state index in [4.69, 9.17) is 0 Å². The highest BCUT2D eigenvalue weighted by Gasteiger charge is 2.32. The number of carbonyl (C=O) groups excluding carboxylic acids is 1. The first-order chi connectivity index (χ1) is 11.0. The first-order valence-corrected chi connectivity index (χ1v) is 8.75. The molecule has 0 bridgehead atoms. The van der Waals surface area contributed by atoms with Crippen LogP contribution in [0.1, 0.15) is 29.1 Å². The van der Waals surface area contributed by atoms with Crippen LogP contribution in [0.15, 0.2) is 41.8 Å². The van der Waals surface area contributed by atoms with Crippen molar-refractivity contribution in [2.45, 2.75) is 32.5 Å². The van der Waals surface area contributed by atoms with E-state index in [1.54, 1.807) is 0 Å². The van der Waals surface area contributed by atoms with Gasteiger partial charge in [-0.1, -0.05) is 18.2 Å². The van der Waals surface area contributed by atoms with Crippen molar-refractivity contribution in [3.05, 3.63) is 58.0 Å². The lowest BCUT2D eigenvalue weighted by atomic mass is 10.1. The summed E-state index contributed by atoms with van der Waals surface area (Å²) in [6, 6.07) is 10.9. The fourth-order valence-corrected chi connectivity index (χ4v) is 3.75. The van der Waals surface area contributed by atoms with Gasteiger partial charge in [0.15, 0.2) is 0 Å². The summed E-state index contributed by atoms with van der Waals surface area (Å²) >= 11 is 1.49. The zero-order chi connectivity index (χ0) is 16.4. The highest BCUT2D eigenvalue weighted by atomic mass is 32.1. The van der Waals surface area contributed by atoms with E-state index in [0.717, 1.165) is 30.1 Å². The Balaban J connectivity index is 1.67. The number of halogens is 1. The molecule has 1 fully saturated rings. The number of thiophene rings is 1. The van der Waals surface area contributed by atoms with Gasteiger partial charge in [0, 0.05) is 31.7 Å². The molecule has 1 aromatic carbocycles. The minimum atomic E-state index is -0.207. The van der Waals surface area contributed by atoms with Crippen LogP contribution in [0, 0.1) is 5.82 Å². The maximum Gasteiger partial charge on any atom is 0.264 e. The molecular formula is C18H21FN2OS. The van der Waals surface area contributed by atoms with E-state index in [9.17, 15) is 9.18 Å². The quantitative estimate of drug-likeness (QED) is 0.857. The van der Waals surface area contributed by atoms with E-state index in [-0.39, 0.29) is 23.8 Å². The first kappa shape index (κ1) is 16.1. The van der Waals surface area contributed by atoms with Gasteiger partial charge in [0.25, 0.3) is 5.91 Å². The van der Waals surface area contributed by atoms with Gasteiger partial charge in [-0.15, -0.1) is 11.3 Å². The van der Waals surface area contributed by atoms with Crippen LogP contribution in [0.2, 0.25) is 0 Å². The lowest BCUT2D eigenvalue weighted by molar-refractivity contribution is 0.0294. The Hall–Kier alpha value is -1.72. The van der Waals surface area contributed by atoms with Gasteiger partial charge in [-0.25, -0.2) is 4.39 Å². The molecule has 1 aromatic heterocycles. The van der Waals surface area contributed by atoms with Gasteiger partial charge in [0.2, 0.25) is 0 Å². The zero-order valence-electron chi connectivity index (χ0n) is 13.4. The summed E-state index contributed by atoms with van der Waals surface area (Å²) in [4.78, 5) is 17.7. The number of hydrogen-bond acceptors (Lipinski definition) is 3. The molecule has 1 amide bonds. The van der Waals surface area contributed by atoms with Crippen molar-refractivity contribution in [1.82, 2.24) is 9.80 Å². The Morgan fingerprint density at radius 1 is 1.17 bits per heavy atom. The van der Waals surface area contributed by atoms with Crippen LogP contribution < -0.4 is 0 Å². The molecular weight excluding hydrogens is 311 g/mol. The van der Waals surface area contributed by atoms with E-state index in [1.165, 1.54) is 23.5 Å². The van der Waals surface area contributed by atoms with E-state index in [0.29, 0.717) is 0 Å². The monoisotopic (exact) mass is 332 g/mol. The third-order valence-corrected chi connectivity index (χ3v) is 5.26. The van der Waals surface area contributed by atoms with Gasteiger partial charge in [-0.2, -0.15) is 0 Å². The van der Waals surface area contributed by atoms with Crippen molar-refractivity contribution in [2.75, 3.05) is 13.1 Å². The predicted molar refractivity (Wildman–Crippen MR) is 91.1 cm³/mol. The predicted octanol–water partition coefficient (Wildman–Crippen LogP) is 3.62. The van der Waals surface area contributed by atoms with Crippen LogP contribution >= 0.6 is 11.3 Å². The third-order valence-electron chi connectivity index (χ3n) is 4.41. The van der Waals surface area contributed by atoms with Crippen molar-refractivity contribution < 1.29 is 9.18 Å². The molecule has 3 rings (SSSR count). The number of hydrogen-bond donors (Lipinski definition) is 0. The van der Waals surface area contributed by atoms with Gasteiger partial charge >= 0.3 is 0 Å². The van der Waals surface area contributed by atoms with Crippen molar-refractivity contribution in [1.29, 1.82) is 0 Å². The number of carbonyl (C=O) groups is 1. The fourth-order valence-electron chi connectivity index (χ4n) is 3.07. The Morgan fingerprint density at radius 3 is 2.57 bits per heavy atom. The molecule has 0 saturated carbocycles. The number of rotatable bonds is 3. The second-order valence-electron chi connectivity index (χ2n) is 6.19. The maximum atomic E-state index is 13.0. The zero-order valence-corrected chi connectivity index (χ0v) is 14.2. The maximum absolute atomic E-state index is 13.0. The van der Waals surface area contributed by atoms with Crippen LogP contribution in [-0.4, -0.2) is 40.9 Å². The standard InChI is InChI=1S/C18H21FN2OS/c1-13-11-21(18(22)17-4-3-9-23-17)14(2)10-20(13)12-15-5-7-16(19)8-6-15/h3-9,13-14H,10-12H2,1-2H3/t13-,14+/m0/s1. The summed E-state index contributed by atoms with van der Waals surface area (Å²) in [6.45, 7) is 6.57. The van der Waals surface area contributed by atoms with Gasteiger partial charge in [-0.3, -0.25) is 9.69 Å². The van der Waals surface area contributed by atoms with Crippen LogP contribution in [-0.2, 0) is 6.54 Å². The minimum Gasteiger partial charge on any atom is -0.332 e. The van der Waals surface area contributed by atoms with Gasteiger partial charge in [-0.05, 0) is 43.0 Å². The van der Waals surface area contributed by atoms with Crippen molar-refractivity contribution in [3.63, 3.8) is 0 Å². The molecule has 1 saturated heterocycles. The Kier molecular flexibility index (Phi) is 4.78. The van der Waals surface area contributed by atoms with Gasteiger partial charge in [0.05, 0.1) is 4.88 Å². The summed E-state index contributed by atoms with van der Waals surface area (Å²) in [5.41, 5.74) is 1.10. The molecule has 1 aliphatic rings. The number of benzene rings is 1. The minimum absolute atomic E-state index is 0.126. The molecule has 5 heteroatoms. The molecule has 2 atom stereocenters. The highest BCUT2D eigenvalue weighted by Crippen LogP contribution is 2.22. The van der Waals surface area contributed by atoms with Crippen molar-refractivity contribution in [3.8, 4) is 0 Å². The summed E-state index contributed by atoms with van der Waals surface area (Å²) in [5, 5.41) is 1.94. The molecule has 2 aromatic rings. The Bertz CT molecular complexity index is 656. The van der Waals surface area contributed by atoms with Gasteiger partial charge < -0.3 is 4.90 Å². The molecule has 0 unspecified atom stereocenters. The van der Waals surface area contributed by atoms with Gasteiger partial charge in [0.1, 0.15) is 5.82 Å². The fraction of sp³-hybridized carbons (Fsp3) is 0.389. The Morgan fingerprint density at radius 2 is 1.91 bits per heavy atom. The molecule has 0 aliphatic carbocycles. The van der Waals surface area contributed by atoms with Crippen LogP contribution in [0.5, 0.6) is 0 Å². The normalized spacial score (nSPS) is 22.3. The SMILES string of the molecule is C[C@@H]1CN(Cc2ccc(F)cc2)[C@@H](C)CN1C(=O)c1cccs1.